The van der Waals surface area contributed by atoms with Crippen molar-refractivity contribution in [2.45, 2.75) is 53.5 Å². The molecule has 1 unspecified atom stereocenters. The maximum Gasteiger partial charge on any atom is 0.338 e. The zero-order valence-corrected chi connectivity index (χ0v) is 15.6. The molecule has 0 fully saturated rings. The molecule has 25 heavy (non-hydrogen) atoms. The van der Waals surface area contributed by atoms with Crippen molar-refractivity contribution in [3.8, 4) is 0 Å². The fourth-order valence-corrected chi connectivity index (χ4v) is 1.81. The molecule has 0 aliphatic rings. The number of hydrogen-bond acceptors (Lipinski definition) is 4. The molecule has 138 valence electrons. The van der Waals surface area contributed by atoms with Crippen LogP contribution < -0.4 is 10.6 Å². The smallest absolute Gasteiger partial charge is 0.338 e. The molecular weight excluding hydrogens is 320 g/mol. The zero-order chi connectivity index (χ0) is 19.0. The predicted molar refractivity (Wildman–Crippen MR) is 97.3 cm³/mol. The Bertz CT molecular complexity index is 603. The number of unbranched alkanes of at least 4 members (excludes halogenated alkanes) is 1. The lowest BCUT2D eigenvalue weighted by Gasteiger charge is -2.21. The molecule has 6 heteroatoms. The van der Waals surface area contributed by atoms with Gasteiger partial charge in [-0.25, -0.2) is 4.79 Å². The van der Waals surface area contributed by atoms with Crippen molar-refractivity contribution in [3.63, 3.8) is 0 Å². The van der Waals surface area contributed by atoms with Crippen LogP contribution in [0.1, 0.15) is 57.8 Å². The van der Waals surface area contributed by atoms with Crippen molar-refractivity contribution in [2.24, 2.45) is 5.41 Å². The highest BCUT2D eigenvalue weighted by molar-refractivity contribution is 5.98. The number of esters is 1. The third-order valence-electron chi connectivity index (χ3n) is 3.54. The Kier molecular flexibility index (Phi) is 7.61. The van der Waals surface area contributed by atoms with Gasteiger partial charge in [-0.1, -0.05) is 34.1 Å². The third-order valence-corrected chi connectivity index (χ3v) is 3.54. The van der Waals surface area contributed by atoms with Crippen LogP contribution in [0.4, 0.5) is 5.69 Å². The van der Waals surface area contributed by atoms with E-state index in [2.05, 4.69) is 10.6 Å². The van der Waals surface area contributed by atoms with Gasteiger partial charge in [0.1, 0.15) is 6.04 Å². The van der Waals surface area contributed by atoms with Gasteiger partial charge in [-0.3, -0.25) is 9.59 Å². The number of amides is 2. The number of rotatable bonds is 7. The zero-order valence-electron chi connectivity index (χ0n) is 15.6. The van der Waals surface area contributed by atoms with Crippen LogP contribution in [0.15, 0.2) is 24.3 Å². The lowest BCUT2D eigenvalue weighted by atomic mass is 9.95. The average molecular weight is 348 g/mol. The normalized spacial score (nSPS) is 12.2. The highest BCUT2D eigenvalue weighted by Crippen LogP contribution is 2.14. The number of carbonyl (C=O) groups excluding carboxylic acids is 3. The molecule has 0 aromatic heterocycles. The summed E-state index contributed by atoms with van der Waals surface area (Å²) in [6, 6.07) is 5.80. The van der Waals surface area contributed by atoms with Crippen molar-refractivity contribution >= 4 is 23.5 Å². The highest BCUT2D eigenvalue weighted by Gasteiger charge is 2.25. The number of hydrogen-bond donors (Lipinski definition) is 2. The summed E-state index contributed by atoms with van der Waals surface area (Å²) in [6.07, 6.45) is 1.79. The molecule has 0 saturated carbocycles. The van der Waals surface area contributed by atoms with Crippen LogP contribution in [0.2, 0.25) is 0 Å². The van der Waals surface area contributed by atoms with Gasteiger partial charge in [-0.2, -0.15) is 0 Å². The van der Waals surface area contributed by atoms with E-state index in [9.17, 15) is 14.4 Å². The molecule has 2 N–H and O–H groups in total. The van der Waals surface area contributed by atoms with Crippen molar-refractivity contribution in [3.05, 3.63) is 29.8 Å². The number of nitrogens with one attached hydrogen (secondary N) is 2. The lowest BCUT2D eigenvalue weighted by molar-refractivity contribution is -0.131. The van der Waals surface area contributed by atoms with Gasteiger partial charge in [0.2, 0.25) is 11.8 Å². The summed E-state index contributed by atoms with van der Waals surface area (Å²) in [5.41, 5.74) is 0.420. The second kappa shape index (κ2) is 9.20. The maximum absolute atomic E-state index is 12.2. The van der Waals surface area contributed by atoms with E-state index in [-0.39, 0.29) is 17.8 Å². The lowest BCUT2D eigenvalue weighted by Crippen LogP contribution is -2.46. The van der Waals surface area contributed by atoms with Gasteiger partial charge in [0.15, 0.2) is 0 Å². The van der Waals surface area contributed by atoms with Gasteiger partial charge in [0, 0.05) is 11.1 Å². The van der Waals surface area contributed by atoms with Crippen LogP contribution in [-0.2, 0) is 14.3 Å². The summed E-state index contributed by atoms with van der Waals surface area (Å²) in [5.74, 6) is -0.895. The molecule has 1 rings (SSSR count). The van der Waals surface area contributed by atoms with Crippen LogP contribution in [0.25, 0.3) is 0 Å². The number of benzene rings is 1. The minimum Gasteiger partial charge on any atom is -0.462 e. The molecule has 0 aliphatic carbocycles. The molecule has 2 amide bonds. The Morgan fingerprint density at radius 2 is 1.72 bits per heavy atom. The molecule has 1 atom stereocenters. The molecule has 0 saturated heterocycles. The van der Waals surface area contributed by atoms with Crippen molar-refractivity contribution in [2.75, 3.05) is 11.9 Å². The summed E-state index contributed by atoms with van der Waals surface area (Å²) >= 11 is 0. The summed E-state index contributed by atoms with van der Waals surface area (Å²) in [6.45, 7) is 9.40. The van der Waals surface area contributed by atoms with Crippen LogP contribution in [0.3, 0.4) is 0 Å². The molecule has 6 nitrogen and oxygen atoms in total. The van der Waals surface area contributed by atoms with E-state index in [0.29, 0.717) is 17.9 Å². The highest BCUT2D eigenvalue weighted by atomic mass is 16.5. The van der Waals surface area contributed by atoms with Crippen molar-refractivity contribution in [1.82, 2.24) is 5.32 Å². The molecule has 0 radical (unpaired) electrons. The Hall–Kier alpha value is -2.37. The van der Waals surface area contributed by atoms with E-state index in [1.165, 1.54) is 0 Å². The SMILES string of the molecule is CCCCOC(=O)c1ccc(NC(=O)C(C)NC(=O)C(C)(C)C)cc1. The molecule has 1 aromatic carbocycles. The van der Waals surface area contributed by atoms with E-state index < -0.39 is 11.5 Å². The average Bonchev–Trinajstić information content (AvgIpc) is 2.54. The Labute approximate surface area is 149 Å². The monoisotopic (exact) mass is 348 g/mol. The maximum atomic E-state index is 12.2. The van der Waals surface area contributed by atoms with E-state index in [4.69, 9.17) is 4.74 Å². The number of ether oxygens (including phenoxy) is 1. The molecule has 0 bridgehead atoms. The molecule has 0 aliphatic heterocycles. The first-order valence-corrected chi connectivity index (χ1v) is 8.54. The fourth-order valence-electron chi connectivity index (χ4n) is 1.81. The van der Waals surface area contributed by atoms with Gasteiger partial charge in [-0.05, 0) is 37.6 Å². The first-order valence-electron chi connectivity index (χ1n) is 8.54. The fraction of sp³-hybridized carbons (Fsp3) is 0.526. The second-order valence-corrected chi connectivity index (χ2v) is 7.00. The van der Waals surface area contributed by atoms with Gasteiger partial charge in [0.25, 0.3) is 0 Å². The molecule has 0 heterocycles. The van der Waals surface area contributed by atoms with E-state index in [0.717, 1.165) is 12.8 Å². The van der Waals surface area contributed by atoms with E-state index >= 15 is 0 Å². The first-order chi connectivity index (χ1) is 11.6. The summed E-state index contributed by atoms with van der Waals surface area (Å²) in [4.78, 5) is 35.9. The quantitative estimate of drug-likeness (QED) is 0.586. The van der Waals surface area contributed by atoms with Crippen LogP contribution >= 0.6 is 0 Å². The van der Waals surface area contributed by atoms with E-state index in [1.54, 1.807) is 52.0 Å². The summed E-state index contributed by atoms with van der Waals surface area (Å²) < 4.78 is 5.13. The van der Waals surface area contributed by atoms with Gasteiger partial charge in [0.05, 0.1) is 12.2 Å². The van der Waals surface area contributed by atoms with E-state index in [1.807, 2.05) is 6.92 Å². The second-order valence-electron chi connectivity index (χ2n) is 7.00. The van der Waals surface area contributed by atoms with Gasteiger partial charge < -0.3 is 15.4 Å². The van der Waals surface area contributed by atoms with Crippen LogP contribution in [0.5, 0.6) is 0 Å². The first kappa shape index (κ1) is 20.7. The molecule has 0 spiro atoms. The minimum absolute atomic E-state index is 0.194. The van der Waals surface area contributed by atoms with Gasteiger partial charge >= 0.3 is 5.97 Å². The van der Waals surface area contributed by atoms with Gasteiger partial charge in [-0.15, -0.1) is 0 Å². The minimum atomic E-state index is -0.662. The van der Waals surface area contributed by atoms with Crippen LogP contribution in [0, 0.1) is 5.41 Å². The largest absolute Gasteiger partial charge is 0.462 e. The van der Waals surface area contributed by atoms with Crippen molar-refractivity contribution < 1.29 is 19.1 Å². The Morgan fingerprint density at radius 1 is 1.12 bits per heavy atom. The van der Waals surface area contributed by atoms with Crippen molar-refractivity contribution in [1.29, 1.82) is 0 Å². The topological polar surface area (TPSA) is 84.5 Å². The summed E-state index contributed by atoms with van der Waals surface area (Å²) in [5, 5.41) is 5.38. The standard InChI is InChI=1S/C19H28N2O4/c1-6-7-12-25-17(23)14-8-10-15(11-9-14)21-16(22)13(2)20-18(24)19(3,4)5/h8-11,13H,6-7,12H2,1-5H3,(H,20,24)(H,21,22). The summed E-state index contributed by atoms with van der Waals surface area (Å²) in [7, 11) is 0. The molecule has 1 aromatic rings. The predicted octanol–water partition coefficient (Wildman–Crippen LogP) is 3.13. The van der Waals surface area contributed by atoms with Crippen LogP contribution in [-0.4, -0.2) is 30.4 Å². The third kappa shape index (κ3) is 6.95. The Morgan fingerprint density at radius 3 is 2.24 bits per heavy atom. The number of carbonyl (C=O) groups is 3. The molecular formula is C19H28N2O4. The number of anilines is 1. The Balaban J connectivity index is 2.58.